The van der Waals surface area contributed by atoms with E-state index in [0.717, 1.165) is 5.70 Å². The first-order valence-corrected chi connectivity index (χ1v) is 6.17. The van der Waals surface area contributed by atoms with Crippen molar-refractivity contribution in [3.05, 3.63) is 49.8 Å². The Morgan fingerprint density at radius 2 is 1.29 bits per heavy atom. The van der Waals surface area contributed by atoms with Gasteiger partial charge in [-0.3, -0.25) is 0 Å². The molecule has 0 aliphatic rings. The quantitative estimate of drug-likeness (QED) is 0.309. The number of hydrogen-bond donors (Lipinski definition) is 0. The molecule has 0 unspecified atom stereocenters. The van der Waals surface area contributed by atoms with Gasteiger partial charge in [-0.25, -0.2) is 0 Å². The summed E-state index contributed by atoms with van der Waals surface area (Å²) < 4.78 is 61.1. The number of allylic oxidation sites excluding steroid dienone is 2. The zero-order chi connectivity index (χ0) is 13.8. The van der Waals surface area contributed by atoms with E-state index in [4.69, 9.17) is 0 Å². The molecule has 0 atom stereocenters. The van der Waals surface area contributed by atoms with Crippen molar-refractivity contribution in [3.8, 4) is 0 Å². The predicted molar refractivity (Wildman–Crippen MR) is 55.7 cm³/mol. The van der Waals surface area contributed by atoms with Crippen molar-refractivity contribution in [1.82, 2.24) is 0 Å². The van der Waals surface area contributed by atoms with E-state index in [9.17, 15) is 25.2 Å². The van der Waals surface area contributed by atoms with Gasteiger partial charge in [-0.1, -0.05) is 12.6 Å². The van der Waals surface area contributed by atoms with Crippen LogP contribution in [-0.2, 0) is 0 Å². The fraction of sp³-hybridized carbons (Fsp3) is 0. The Morgan fingerprint density at radius 3 is 1.59 bits per heavy atom. The summed E-state index contributed by atoms with van der Waals surface area (Å²) in [6.07, 6.45) is 5.59. The molecule has 1 aromatic rings. The SMILES string of the molecule is C=CC(=C)[n+]1ccccc1.F[P-](F)(F)(F)(F)F. The van der Waals surface area contributed by atoms with Crippen molar-refractivity contribution in [2.75, 3.05) is 0 Å². The van der Waals surface area contributed by atoms with Crippen LogP contribution >= 0.6 is 7.81 Å². The van der Waals surface area contributed by atoms with Gasteiger partial charge in [-0.15, -0.1) is 0 Å². The first kappa shape index (κ1) is 15.6. The zero-order valence-electron chi connectivity index (χ0n) is 8.54. The summed E-state index contributed by atoms with van der Waals surface area (Å²) in [5.74, 6) is 0. The van der Waals surface area contributed by atoms with E-state index >= 15 is 0 Å². The first-order valence-electron chi connectivity index (χ1n) is 4.14. The van der Waals surface area contributed by atoms with Crippen molar-refractivity contribution in [3.63, 3.8) is 0 Å². The number of aromatic nitrogens is 1. The molecule has 0 saturated carbocycles. The van der Waals surface area contributed by atoms with Gasteiger partial charge in [0.05, 0.1) is 0 Å². The Morgan fingerprint density at radius 1 is 0.941 bits per heavy atom. The molecule has 0 amide bonds. The minimum atomic E-state index is -10.7. The average Bonchev–Trinajstić information content (AvgIpc) is 2.13. The summed E-state index contributed by atoms with van der Waals surface area (Å²) in [7, 11) is -10.7. The van der Waals surface area contributed by atoms with Crippen molar-refractivity contribution < 1.29 is 29.7 Å². The second-order valence-electron chi connectivity index (χ2n) is 2.94. The summed E-state index contributed by atoms with van der Waals surface area (Å²) in [5, 5.41) is 0. The predicted octanol–water partition coefficient (Wildman–Crippen LogP) is 5.01. The normalized spacial score (nSPS) is 14.7. The molecule has 0 bridgehead atoms. The number of hydrogen-bond acceptors (Lipinski definition) is 0. The van der Waals surface area contributed by atoms with E-state index < -0.39 is 7.81 Å². The molecular weight excluding hydrogens is 267 g/mol. The van der Waals surface area contributed by atoms with E-state index in [1.165, 1.54) is 0 Å². The van der Waals surface area contributed by atoms with E-state index in [2.05, 4.69) is 13.2 Å². The van der Waals surface area contributed by atoms with Crippen molar-refractivity contribution in [2.24, 2.45) is 0 Å². The summed E-state index contributed by atoms with van der Waals surface area (Å²) in [5.41, 5.74) is 0.889. The van der Waals surface area contributed by atoms with Crippen LogP contribution in [0.15, 0.2) is 49.8 Å². The third-order valence-electron chi connectivity index (χ3n) is 1.28. The van der Waals surface area contributed by atoms with Gasteiger partial charge in [0.15, 0.2) is 12.4 Å². The molecule has 1 nitrogen and oxygen atoms in total. The Kier molecular flexibility index (Phi) is 3.81. The number of pyridine rings is 1. The fourth-order valence-electron chi connectivity index (χ4n) is 0.696. The van der Waals surface area contributed by atoms with Crippen LogP contribution in [0, 0.1) is 0 Å². The van der Waals surface area contributed by atoms with Crippen LogP contribution < -0.4 is 4.57 Å². The number of nitrogens with zero attached hydrogens (tertiary/aromatic N) is 1. The van der Waals surface area contributed by atoms with Crippen LogP contribution in [0.2, 0.25) is 0 Å². The molecule has 98 valence electrons. The van der Waals surface area contributed by atoms with E-state index in [-0.39, 0.29) is 0 Å². The van der Waals surface area contributed by atoms with Gasteiger partial charge in [0.2, 0.25) is 5.70 Å². The topological polar surface area (TPSA) is 3.88 Å². The second kappa shape index (κ2) is 4.14. The van der Waals surface area contributed by atoms with Crippen LogP contribution in [0.1, 0.15) is 0 Å². The van der Waals surface area contributed by atoms with Crippen LogP contribution in [0.25, 0.3) is 5.70 Å². The van der Waals surface area contributed by atoms with Gasteiger partial charge in [-0.2, -0.15) is 4.57 Å². The zero-order valence-corrected chi connectivity index (χ0v) is 9.43. The molecule has 1 rings (SSSR count). The maximum absolute atomic E-state index is 10.7. The van der Waals surface area contributed by atoms with E-state index in [1.807, 2.05) is 35.2 Å². The van der Waals surface area contributed by atoms with Crippen LogP contribution in [0.5, 0.6) is 0 Å². The summed E-state index contributed by atoms with van der Waals surface area (Å²) in [6.45, 7) is 7.40. The standard InChI is InChI=1S/C9H10N.F6P/c1-3-9(2)10-7-5-4-6-8-10;1-7(2,3,4,5)6/h3-8H,1-2H2;/q+1;-1. The van der Waals surface area contributed by atoms with Gasteiger partial charge >= 0.3 is 33.0 Å². The maximum atomic E-state index is 9.87. The molecule has 8 heteroatoms. The van der Waals surface area contributed by atoms with Crippen LogP contribution in [-0.4, -0.2) is 0 Å². The first-order chi connectivity index (χ1) is 7.29. The Labute approximate surface area is 93.9 Å². The Balaban J connectivity index is 0.000000325. The molecule has 0 aromatic carbocycles. The molecule has 17 heavy (non-hydrogen) atoms. The monoisotopic (exact) mass is 277 g/mol. The van der Waals surface area contributed by atoms with Gasteiger partial charge in [0, 0.05) is 18.2 Å². The summed E-state index contributed by atoms with van der Waals surface area (Å²) >= 11 is 0. The Bertz CT molecular complexity index is 395. The number of halogens is 6. The third-order valence-corrected chi connectivity index (χ3v) is 1.28. The molecule has 0 spiro atoms. The third kappa shape index (κ3) is 14.6. The van der Waals surface area contributed by atoms with E-state index in [0.29, 0.717) is 0 Å². The fourth-order valence-corrected chi connectivity index (χ4v) is 0.696. The van der Waals surface area contributed by atoms with Gasteiger partial charge < -0.3 is 0 Å². The van der Waals surface area contributed by atoms with Crippen molar-refractivity contribution >= 4 is 13.5 Å². The van der Waals surface area contributed by atoms with Gasteiger partial charge in [-0.05, 0) is 6.58 Å². The molecule has 0 radical (unpaired) electrons. The molecule has 0 aliphatic carbocycles. The van der Waals surface area contributed by atoms with E-state index in [1.54, 1.807) is 6.08 Å². The van der Waals surface area contributed by atoms with Crippen LogP contribution in [0.3, 0.4) is 0 Å². The molecule has 1 aromatic heterocycles. The molecular formula is C9H10F6NP. The molecule has 0 aliphatic heterocycles. The number of rotatable bonds is 2. The van der Waals surface area contributed by atoms with Crippen molar-refractivity contribution in [1.29, 1.82) is 0 Å². The van der Waals surface area contributed by atoms with Crippen LogP contribution in [0.4, 0.5) is 25.2 Å². The second-order valence-corrected chi connectivity index (χ2v) is 4.85. The van der Waals surface area contributed by atoms with Crippen molar-refractivity contribution in [2.45, 2.75) is 0 Å². The molecule has 0 N–H and O–H groups in total. The Hall–Kier alpha value is -1.36. The molecule has 0 fully saturated rings. The average molecular weight is 277 g/mol. The summed E-state index contributed by atoms with van der Waals surface area (Å²) in [4.78, 5) is 0. The van der Waals surface area contributed by atoms with Gasteiger partial charge in [0.25, 0.3) is 0 Å². The molecule has 1 heterocycles. The molecule has 0 saturated heterocycles. The minimum absolute atomic E-state index is 0.889. The van der Waals surface area contributed by atoms with Gasteiger partial charge in [0.1, 0.15) is 0 Å². The summed E-state index contributed by atoms with van der Waals surface area (Å²) in [6, 6.07) is 5.87.